The highest BCUT2D eigenvalue weighted by Gasteiger charge is 2.18. The Balaban J connectivity index is 2.72. The third kappa shape index (κ3) is 4.70. The Morgan fingerprint density at radius 1 is 1.26 bits per heavy atom. The monoisotopic (exact) mass is 288 g/mol. The summed E-state index contributed by atoms with van der Waals surface area (Å²) in [6.45, 7) is 0.978. The van der Waals surface area contributed by atoms with E-state index < -0.39 is 10.0 Å². The predicted molar refractivity (Wildman–Crippen MR) is 73.7 cm³/mol. The Hall–Kier alpha value is -1.31. The Kier molecular flexibility index (Phi) is 6.07. The number of nitrogens with two attached hydrogens (primary N) is 1. The standard InChI is InChI=1S/C12H20N2O4S/c1-17-8-4-3-7-14-19(15,16)12-6-5-10(13)9-11(12)18-2/h5-6,9,14H,3-4,7-8,13H2,1-2H3. The molecule has 0 spiro atoms. The van der Waals surface area contributed by atoms with Gasteiger partial charge in [-0.15, -0.1) is 0 Å². The van der Waals surface area contributed by atoms with E-state index in [1.807, 2.05) is 0 Å². The quantitative estimate of drug-likeness (QED) is 0.550. The van der Waals surface area contributed by atoms with Crippen molar-refractivity contribution in [1.82, 2.24) is 4.72 Å². The van der Waals surface area contributed by atoms with E-state index in [1.165, 1.54) is 25.3 Å². The molecule has 1 aromatic rings. The molecule has 0 fully saturated rings. The number of nitrogens with one attached hydrogen (secondary N) is 1. The lowest BCUT2D eigenvalue weighted by Crippen LogP contribution is -2.25. The number of benzene rings is 1. The van der Waals surface area contributed by atoms with Crippen molar-refractivity contribution in [2.45, 2.75) is 17.7 Å². The molecule has 0 heterocycles. The maximum absolute atomic E-state index is 12.1. The minimum atomic E-state index is -3.58. The number of hydrogen-bond acceptors (Lipinski definition) is 5. The number of methoxy groups -OCH3 is 2. The van der Waals surface area contributed by atoms with Crippen LogP contribution in [-0.2, 0) is 14.8 Å². The van der Waals surface area contributed by atoms with Crippen LogP contribution in [0.3, 0.4) is 0 Å². The maximum atomic E-state index is 12.1. The van der Waals surface area contributed by atoms with Gasteiger partial charge in [0.05, 0.1) is 7.11 Å². The van der Waals surface area contributed by atoms with Gasteiger partial charge in [0, 0.05) is 32.0 Å². The number of unbranched alkanes of at least 4 members (excludes halogenated alkanes) is 1. The van der Waals surface area contributed by atoms with Crippen LogP contribution in [0.1, 0.15) is 12.8 Å². The van der Waals surface area contributed by atoms with Crippen molar-refractivity contribution in [2.75, 3.05) is 33.1 Å². The molecule has 0 amide bonds. The topological polar surface area (TPSA) is 90.7 Å². The van der Waals surface area contributed by atoms with Crippen molar-refractivity contribution in [1.29, 1.82) is 0 Å². The smallest absolute Gasteiger partial charge is 0.244 e. The van der Waals surface area contributed by atoms with Crippen LogP contribution in [0.2, 0.25) is 0 Å². The van der Waals surface area contributed by atoms with Crippen LogP contribution >= 0.6 is 0 Å². The summed E-state index contributed by atoms with van der Waals surface area (Å²) in [6, 6.07) is 4.45. The fourth-order valence-electron chi connectivity index (χ4n) is 1.56. The van der Waals surface area contributed by atoms with Gasteiger partial charge in [0.2, 0.25) is 10.0 Å². The first-order valence-corrected chi connectivity index (χ1v) is 7.41. The molecule has 3 N–H and O–H groups in total. The van der Waals surface area contributed by atoms with Crippen molar-refractivity contribution in [3.05, 3.63) is 18.2 Å². The number of rotatable bonds is 8. The number of nitrogen functional groups attached to an aromatic ring is 1. The molecule has 0 radical (unpaired) electrons. The van der Waals surface area contributed by atoms with Gasteiger partial charge in [-0.25, -0.2) is 13.1 Å². The average molecular weight is 288 g/mol. The highest BCUT2D eigenvalue weighted by molar-refractivity contribution is 7.89. The van der Waals surface area contributed by atoms with E-state index in [1.54, 1.807) is 7.11 Å². The van der Waals surface area contributed by atoms with E-state index in [9.17, 15) is 8.42 Å². The summed E-state index contributed by atoms with van der Waals surface area (Å²) >= 11 is 0. The molecular weight excluding hydrogens is 268 g/mol. The molecule has 6 nitrogen and oxygen atoms in total. The lowest BCUT2D eigenvalue weighted by atomic mass is 10.3. The SMILES string of the molecule is COCCCCNS(=O)(=O)c1ccc(N)cc1OC. The van der Waals surface area contributed by atoms with E-state index in [0.717, 1.165) is 6.42 Å². The van der Waals surface area contributed by atoms with E-state index in [2.05, 4.69) is 4.72 Å². The zero-order chi connectivity index (χ0) is 14.3. The first-order chi connectivity index (χ1) is 9.01. The number of anilines is 1. The third-order valence-electron chi connectivity index (χ3n) is 2.54. The van der Waals surface area contributed by atoms with Gasteiger partial charge in [-0.2, -0.15) is 0 Å². The summed E-state index contributed by atoms with van der Waals surface area (Å²) in [7, 11) is -0.555. The molecule has 0 unspecified atom stereocenters. The molecule has 0 saturated heterocycles. The highest BCUT2D eigenvalue weighted by atomic mass is 32.2. The number of sulfonamides is 1. The molecule has 108 valence electrons. The Bertz CT molecular complexity index is 502. The summed E-state index contributed by atoms with van der Waals surface area (Å²) in [5.41, 5.74) is 6.05. The second kappa shape index (κ2) is 7.32. The fraction of sp³-hybridized carbons (Fsp3) is 0.500. The predicted octanol–water partition coefficient (Wildman–Crippen LogP) is 0.982. The summed E-state index contributed by atoms with van der Waals surface area (Å²) in [6.07, 6.45) is 1.52. The molecular formula is C12H20N2O4S. The lowest BCUT2D eigenvalue weighted by Gasteiger charge is -2.11. The van der Waals surface area contributed by atoms with Crippen molar-refractivity contribution in [3.63, 3.8) is 0 Å². The Labute approximate surface area is 113 Å². The fourth-order valence-corrected chi connectivity index (χ4v) is 2.78. The van der Waals surface area contributed by atoms with Gasteiger partial charge in [0.1, 0.15) is 10.6 Å². The van der Waals surface area contributed by atoms with E-state index in [-0.39, 0.29) is 10.6 Å². The van der Waals surface area contributed by atoms with Crippen molar-refractivity contribution in [2.24, 2.45) is 0 Å². The molecule has 7 heteroatoms. The second-order valence-electron chi connectivity index (χ2n) is 4.01. The first-order valence-electron chi connectivity index (χ1n) is 5.93. The first kappa shape index (κ1) is 15.7. The van der Waals surface area contributed by atoms with Gasteiger partial charge in [0.25, 0.3) is 0 Å². The van der Waals surface area contributed by atoms with Crippen LogP contribution in [0.4, 0.5) is 5.69 Å². The average Bonchev–Trinajstić information content (AvgIpc) is 2.38. The van der Waals surface area contributed by atoms with Gasteiger partial charge in [0.15, 0.2) is 0 Å². The maximum Gasteiger partial charge on any atom is 0.244 e. The van der Waals surface area contributed by atoms with E-state index >= 15 is 0 Å². The number of ether oxygens (including phenoxy) is 2. The Morgan fingerprint density at radius 2 is 2.00 bits per heavy atom. The normalized spacial score (nSPS) is 11.5. The molecule has 0 atom stereocenters. The summed E-state index contributed by atoms with van der Waals surface area (Å²) in [5.74, 6) is 0.240. The van der Waals surface area contributed by atoms with Gasteiger partial charge in [-0.3, -0.25) is 0 Å². The molecule has 0 saturated carbocycles. The highest BCUT2D eigenvalue weighted by Crippen LogP contribution is 2.25. The zero-order valence-corrected chi connectivity index (χ0v) is 12.0. The molecule has 19 heavy (non-hydrogen) atoms. The molecule has 0 aliphatic rings. The van der Waals surface area contributed by atoms with Crippen molar-refractivity contribution < 1.29 is 17.9 Å². The Morgan fingerprint density at radius 3 is 2.63 bits per heavy atom. The largest absolute Gasteiger partial charge is 0.495 e. The second-order valence-corrected chi connectivity index (χ2v) is 5.74. The van der Waals surface area contributed by atoms with Crippen LogP contribution in [0, 0.1) is 0 Å². The minimum Gasteiger partial charge on any atom is -0.495 e. The zero-order valence-electron chi connectivity index (χ0n) is 11.2. The molecule has 0 bridgehead atoms. The van der Waals surface area contributed by atoms with Crippen LogP contribution in [0.25, 0.3) is 0 Å². The van der Waals surface area contributed by atoms with Gasteiger partial charge in [-0.1, -0.05) is 0 Å². The molecule has 1 aromatic carbocycles. The van der Waals surface area contributed by atoms with Crippen LogP contribution in [0.15, 0.2) is 23.1 Å². The molecule has 0 aliphatic carbocycles. The minimum absolute atomic E-state index is 0.0935. The van der Waals surface area contributed by atoms with Crippen molar-refractivity contribution in [3.8, 4) is 5.75 Å². The van der Waals surface area contributed by atoms with E-state index in [4.69, 9.17) is 15.2 Å². The van der Waals surface area contributed by atoms with Gasteiger partial charge < -0.3 is 15.2 Å². The van der Waals surface area contributed by atoms with Crippen molar-refractivity contribution >= 4 is 15.7 Å². The number of hydrogen-bond donors (Lipinski definition) is 2. The molecule has 0 aromatic heterocycles. The van der Waals surface area contributed by atoms with Gasteiger partial charge >= 0.3 is 0 Å². The third-order valence-corrected chi connectivity index (χ3v) is 4.04. The van der Waals surface area contributed by atoms with Crippen LogP contribution in [0.5, 0.6) is 5.75 Å². The van der Waals surface area contributed by atoms with E-state index in [0.29, 0.717) is 25.3 Å². The molecule has 1 rings (SSSR count). The summed E-state index contributed by atoms with van der Waals surface area (Å²) in [4.78, 5) is 0.0935. The summed E-state index contributed by atoms with van der Waals surface area (Å²) in [5, 5.41) is 0. The summed E-state index contributed by atoms with van der Waals surface area (Å²) < 4.78 is 36.6. The van der Waals surface area contributed by atoms with Gasteiger partial charge in [-0.05, 0) is 25.0 Å². The van der Waals surface area contributed by atoms with Crippen LogP contribution in [-0.4, -0.2) is 35.8 Å². The molecule has 0 aliphatic heterocycles. The van der Waals surface area contributed by atoms with Crippen LogP contribution < -0.4 is 15.2 Å². The lowest BCUT2D eigenvalue weighted by molar-refractivity contribution is 0.193.